The first-order valence-corrected chi connectivity index (χ1v) is 7.89. The van der Waals surface area contributed by atoms with E-state index in [0.717, 1.165) is 29.9 Å². The fourth-order valence-electron chi connectivity index (χ4n) is 2.72. The van der Waals surface area contributed by atoms with Crippen LogP contribution in [-0.4, -0.2) is 37.4 Å². The predicted octanol–water partition coefficient (Wildman–Crippen LogP) is 1.97. The molecule has 2 aromatic heterocycles. The van der Waals surface area contributed by atoms with E-state index < -0.39 is 0 Å². The van der Waals surface area contributed by atoms with E-state index in [0.29, 0.717) is 12.1 Å². The van der Waals surface area contributed by atoms with Gasteiger partial charge in [0.15, 0.2) is 0 Å². The number of aromatic amines is 1. The molecule has 0 fully saturated rings. The van der Waals surface area contributed by atoms with Crippen molar-refractivity contribution in [1.29, 1.82) is 0 Å². The summed E-state index contributed by atoms with van der Waals surface area (Å²) < 4.78 is 1.73. The topological polar surface area (TPSA) is 88.5 Å². The molecule has 0 atom stereocenters. The van der Waals surface area contributed by atoms with Crippen molar-refractivity contribution in [3.8, 4) is 5.69 Å². The Kier molecular flexibility index (Phi) is 4.69. The Morgan fingerprint density at radius 1 is 1.21 bits per heavy atom. The lowest BCUT2D eigenvalue weighted by molar-refractivity contribution is 0.0953. The fourth-order valence-corrected chi connectivity index (χ4v) is 2.72. The molecular formula is C17H20N6O. The van der Waals surface area contributed by atoms with Gasteiger partial charge in [-0.3, -0.25) is 14.5 Å². The average molecular weight is 324 g/mol. The zero-order valence-electron chi connectivity index (χ0n) is 13.8. The van der Waals surface area contributed by atoms with E-state index in [2.05, 4.69) is 25.7 Å². The van der Waals surface area contributed by atoms with Crippen LogP contribution in [0.5, 0.6) is 0 Å². The Bertz CT molecular complexity index is 802. The number of carbonyl (C=O) groups is 1. The highest BCUT2D eigenvalue weighted by molar-refractivity contribution is 5.97. The number of hydrogen-bond acceptors (Lipinski definition) is 4. The van der Waals surface area contributed by atoms with Crippen LogP contribution in [0.15, 0.2) is 36.9 Å². The quantitative estimate of drug-likeness (QED) is 0.679. The van der Waals surface area contributed by atoms with Gasteiger partial charge in [-0.25, -0.2) is 0 Å². The number of aromatic nitrogens is 5. The van der Waals surface area contributed by atoms with Gasteiger partial charge in [0.05, 0.1) is 16.9 Å². The van der Waals surface area contributed by atoms with Crippen LogP contribution in [0.3, 0.4) is 0 Å². The standard InChI is InChI=1S/C17H20N6O/c1-12-14(13(2)22-21-12)7-5-9-18-17(24)15-6-3-4-8-16(15)23-10-19-20-11-23/h3-4,6,8,10-11H,5,7,9H2,1-2H3,(H,18,24)(H,21,22). The SMILES string of the molecule is Cc1n[nH]c(C)c1CCCNC(=O)c1ccccc1-n1cnnc1. The van der Waals surface area contributed by atoms with Gasteiger partial charge in [-0.2, -0.15) is 5.10 Å². The van der Waals surface area contributed by atoms with Crippen molar-refractivity contribution < 1.29 is 4.79 Å². The fraction of sp³-hybridized carbons (Fsp3) is 0.294. The Morgan fingerprint density at radius 2 is 1.96 bits per heavy atom. The highest BCUT2D eigenvalue weighted by Gasteiger charge is 2.12. The lowest BCUT2D eigenvalue weighted by atomic mass is 10.1. The van der Waals surface area contributed by atoms with Crippen LogP contribution in [-0.2, 0) is 6.42 Å². The maximum Gasteiger partial charge on any atom is 0.253 e. The second-order valence-electron chi connectivity index (χ2n) is 5.66. The molecule has 0 saturated heterocycles. The number of nitrogens with one attached hydrogen (secondary N) is 2. The van der Waals surface area contributed by atoms with Crippen LogP contribution in [0.25, 0.3) is 5.69 Å². The van der Waals surface area contributed by atoms with E-state index in [9.17, 15) is 4.79 Å². The van der Waals surface area contributed by atoms with E-state index >= 15 is 0 Å². The predicted molar refractivity (Wildman–Crippen MR) is 90.1 cm³/mol. The Balaban J connectivity index is 1.60. The van der Waals surface area contributed by atoms with Crippen LogP contribution in [0.2, 0.25) is 0 Å². The minimum Gasteiger partial charge on any atom is -0.352 e. The van der Waals surface area contributed by atoms with E-state index in [1.807, 2.05) is 32.0 Å². The number of hydrogen-bond donors (Lipinski definition) is 2. The van der Waals surface area contributed by atoms with Crippen LogP contribution < -0.4 is 5.32 Å². The summed E-state index contributed by atoms with van der Waals surface area (Å²) in [5.74, 6) is -0.0973. The molecule has 0 bridgehead atoms. The molecule has 0 unspecified atom stereocenters. The Labute approximate surface area is 140 Å². The molecular weight excluding hydrogens is 304 g/mol. The summed E-state index contributed by atoms with van der Waals surface area (Å²) >= 11 is 0. The summed E-state index contributed by atoms with van der Waals surface area (Å²) in [4.78, 5) is 12.5. The number of carbonyl (C=O) groups excluding carboxylic acids is 1. The zero-order chi connectivity index (χ0) is 16.9. The maximum absolute atomic E-state index is 12.5. The van der Waals surface area contributed by atoms with E-state index in [1.54, 1.807) is 23.3 Å². The molecule has 0 aliphatic rings. The molecule has 0 aliphatic carbocycles. The molecule has 3 rings (SSSR count). The molecule has 0 spiro atoms. The first-order valence-electron chi connectivity index (χ1n) is 7.89. The second kappa shape index (κ2) is 7.08. The lowest BCUT2D eigenvalue weighted by Crippen LogP contribution is -2.26. The monoisotopic (exact) mass is 324 g/mol. The van der Waals surface area contributed by atoms with Gasteiger partial charge in [0.25, 0.3) is 5.91 Å². The number of H-pyrrole nitrogens is 1. The molecule has 7 heteroatoms. The third-order valence-corrected chi connectivity index (χ3v) is 4.02. The average Bonchev–Trinajstić information content (AvgIpc) is 3.23. The summed E-state index contributed by atoms with van der Waals surface area (Å²) in [6.45, 7) is 4.62. The first-order chi connectivity index (χ1) is 11.7. The van der Waals surface area contributed by atoms with E-state index in [1.165, 1.54) is 5.56 Å². The van der Waals surface area contributed by atoms with Gasteiger partial charge >= 0.3 is 0 Å². The Hall–Kier alpha value is -2.96. The number of rotatable bonds is 6. The van der Waals surface area contributed by atoms with Crippen LogP contribution in [0.4, 0.5) is 0 Å². The molecule has 7 nitrogen and oxygen atoms in total. The summed E-state index contributed by atoms with van der Waals surface area (Å²) in [7, 11) is 0. The van der Waals surface area contributed by atoms with Crippen LogP contribution in [0.1, 0.15) is 33.7 Å². The van der Waals surface area contributed by atoms with E-state index in [-0.39, 0.29) is 5.91 Å². The van der Waals surface area contributed by atoms with Gasteiger partial charge in [-0.1, -0.05) is 12.1 Å². The second-order valence-corrected chi connectivity index (χ2v) is 5.66. The van der Waals surface area contributed by atoms with Gasteiger partial charge in [0.1, 0.15) is 12.7 Å². The van der Waals surface area contributed by atoms with Crippen molar-refractivity contribution in [2.75, 3.05) is 6.54 Å². The third-order valence-electron chi connectivity index (χ3n) is 4.02. The number of nitrogens with zero attached hydrogens (tertiary/aromatic N) is 4. The summed E-state index contributed by atoms with van der Waals surface area (Å²) in [6.07, 6.45) is 4.91. The molecule has 24 heavy (non-hydrogen) atoms. The molecule has 0 saturated carbocycles. The van der Waals surface area contributed by atoms with Crippen molar-refractivity contribution in [1.82, 2.24) is 30.3 Å². The van der Waals surface area contributed by atoms with Gasteiger partial charge in [-0.05, 0) is 44.4 Å². The molecule has 3 aromatic rings. The molecule has 0 aliphatic heterocycles. The smallest absolute Gasteiger partial charge is 0.253 e. The Morgan fingerprint density at radius 3 is 2.67 bits per heavy atom. The number of amides is 1. The van der Waals surface area contributed by atoms with Crippen molar-refractivity contribution in [3.63, 3.8) is 0 Å². The minimum atomic E-state index is -0.0973. The van der Waals surface area contributed by atoms with Gasteiger partial charge < -0.3 is 5.32 Å². The van der Waals surface area contributed by atoms with Crippen molar-refractivity contribution >= 4 is 5.91 Å². The van der Waals surface area contributed by atoms with Crippen molar-refractivity contribution in [2.45, 2.75) is 26.7 Å². The minimum absolute atomic E-state index is 0.0973. The van der Waals surface area contributed by atoms with E-state index in [4.69, 9.17) is 0 Å². The van der Waals surface area contributed by atoms with Gasteiger partial charge in [0.2, 0.25) is 0 Å². The summed E-state index contributed by atoms with van der Waals surface area (Å²) in [6, 6.07) is 7.41. The maximum atomic E-state index is 12.5. The molecule has 1 aromatic carbocycles. The van der Waals surface area contributed by atoms with Crippen LogP contribution >= 0.6 is 0 Å². The summed E-state index contributed by atoms with van der Waals surface area (Å²) in [5.41, 5.74) is 4.72. The van der Waals surface area contributed by atoms with Crippen molar-refractivity contribution in [3.05, 3.63) is 59.4 Å². The first kappa shape index (κ1) is 15.9. The van der Waals surface area contributed by atoms with Crippen LogP contribution in [0, 0.1) is 13.8 Å². The molecule has 2 N–H and O–H groups in total. The zero-order valence-corrected chi connectivity index (χ0v) is 13.8. The largest absolute Gasteiger partial charge is 0.352 e. The third kappa shape index (κ3) is 3.34. The normalized spacial score (nSPS) is 10.8. The summed E-state index contributed by atoms with van der Waals surface area (Å²) in [5, 5.41) is 17.7. The van der Waals surface area contributed by atoms with Crippen molar-refractivity contribution in [2.24, 2.45) is 0 Å². The number of para-hydroxylation sites is 1. The van der Waals surface area contributed by atoms with Gasteiger partial charge in [-0.15, -0.1) is 10.2 Å². The molecule has 2 heterocycles. The highest BCUT2D eigenvalue weighted by Crippen LogP contribution is 2.14. The van der Waals surface area contributed by atoms with Gasteiger partial charge in [0, 0.05) is 12.2 Å². The molecule has 1 amide bonds. The lowest BCUT2D eigenvalue weighted by Gasteiger charge is -2.10. The number of aryl methyl sites for hydroxylation is 2. The highest BCUT2D eigenvalue weighted by atomic mass is 16.1. The molecule has 124 valence electrons. The number of benzene rings is 1. The molecule has 0 radical (unpaired) electrons.